The number of hydrogen-bond acceptors (Lipinski definition) is 4. The lowest BCUT2D eigenvalue weighted by Crippen LogP contribution is -2.50. The molecule has 0 aromatic heterocycles. The van der Waals surface area contributed by atoms with Gasteiger partial charge in [-0.05, 0) is 19.9 Å². The van der Waals surface area contributed by atoms with Gasteiger partial charge in [-0.2, -0.15) is 0 Å². The summed E-state index contributed by atoms with van der Waals surface area (Å²) in [7, 11) is 0. The van der Waals surface area contributed by atoms with E-state index in [0.717, 1.165) is 0 Å². The molecule has 0 amide bonds. The summed E-state index contributed by atoms with van der Waals surface area (Å²) in [5.41, 5.74) is 5.39. The van der Waals surface area contributed by atoms with Crippen LogP contribution in [-0.2, 0) is 9.53 Å². The molecule has 1 heterocycles. The van der Waals surface area contributed by atoms with Gasteiger partial charge in [-0.25, -0.2) is 0 Å². The lowest BCUT2D eigenvalue weighted by atomic mass is 10.1. The minimum Gasteiger partial charge on any atom is -0.480 e. The van der Waals surface area contributed by atoms with Gasteiger partial charge in [0, 0.05) is 13.1 Å². The first-order chi connectivity index (χ1) is 6.65. The third-order valence-electron chi connectivity index (χ3n) is 2.44. The van der Waals surface area contributed by atoms with Crippen molar-refractivity contribution in [3.05, 3.63) is 0 Å². The molecule has 5 nitrogen and oxygen atoms in total. The Labute approximate surface area is 83.8 Å². The average molecular weight is 202 g/mol. The first-order valence-electron chi connectivity index (χ1n) is 4.93. The van der Waals surface area contributed by atoms with Gasteiger partial charge in [0.1, 0.15) is 6.04 Å². The highest BCUT2D eigenvalue weighted by molar-refractivity contribution is 5.73. The maximum absolute atomic E-state index is 11.0. The first kappa shape index (κ1) is 11.4. The number of ether oxygens (including phenoxy) is 1. The van der Waals surface area contributed by atoms with Crippen LogP contribution in [0.1, 0.15) is 13.3 Å². The van der Waals surface area contributed by atoms with Gasteiger partial charge in [0.15, 0.2) is 0 Å². The molecule has 0 bridgehead atoms. The summed E-state index contributed by atoms with van der Waals surface area (Å²) in [6.07, 6.45) is 0.616. The molecule has 0 aromatic carbocycles. The summed E-state index contributed by atoms with van der Waals surface area (Å²) >= 11 is 0. The maximum Gasteiger partial charge on any atom is 0.320 e. The van der Waals surface area contributed by atoms with Crippen molar-refractivity contribution in [1.29, 1.82) is 0 Å². The van der Waals surface area contributed by atoms with Crippen LogP contribution in [-0.4, -0.2) is 54.4 Å². The third-order valence-corrected chi connectivity index (χ3v) is 2.44. The van der Waals surface area contributed by atoms with E-state index in [1.54, 1.807) is 0 Å². The summed E-state index contributed by atoms with van der Waals surface area (Å²) in [5.74, 6) is -0.787. The second kappa shape index (κ2) is 5.29. The topological polar surface area (TPSA) is 75.8 Å². The minimum atomic E-state index is -0.787. The fourth-order valence-electron chi connectivity index (χ4n) is 1.75. The van der Waals surface area contributed by atoms with Crippen LogP contribution in [0.2, 0.25) is 0 Å². The Hall–Kier alpha value is -0.650. The Bertz CT molecular complexity index is 198. The number of carboxylic acid groups (broad SMARTS) is 1. The number of morpholine rings is 1. The first-order valence-corrected chi connectivity index (χ1v) is 4.93. The molecule has 82 valence electrons. The van der Waals surface area contributed by atoms with Crippen LogP contribution in [0, 0.1) is 0 Å². The molecule has 0 aromatic rings. The third kappa shape index (κ3) is 2.94. The van der Waals surface area contributed by atoms with Crippen molar-refractivity contribution in [2.24, 2.45) is 5.73 Å². The molecule has 1 aliphatic heterocycles. The molecule has 1 aliphatic rings. The van der Waals surface area contributed by atoms with Crippen LogP contribution in [0.25, 0.3) is 0 Å². The van der Waals surface area contributed by atoms with Gasteiger partial charge < -0.3 is 15.6 Å². The number of carboxylic acids is 1. The van der Waals surface area contributed by atoms with E-state index < -0.39 is 12.0 Å². The average Bonchev–Trinajstić information content (AvgIpc) is 2.13. The fourth-order valence-corrected chi connectivity index (χ4v) is 1.75. The normalized spacial score (nSPS) is 26.0. The van der Waals surface area contributed by atoms with Gasteiger partial charge in [0.25, 0.3) is 0 Å². The summed E-state index contributed by atoms with van der Waals surface area (Å²) in [4.78, 5) is 12.9. The summed E-state index contributed by atoms with van der Waals surface area (Å²) in [6, 6.07) is -0.452. The quantitative estimate of drug-likeness (QED) is 0.643. The van der Waals surface area contributed by atoms with Crippen molar-refractivity contribution in [3.63, 3.8) is 0 Å². The molecule has 3 N–H and O–H groups in total. The van der Waals surface area contributed by atoms with Gasteiger partial charge in [0.2, 0.25) is 0 Å². The maximum atomic E-state index is 11.0. The number of aliphatic carboxylic acids is 1. The van der Waals surface area contributed by atoms with E-state index in [1.165, 1.54) is 0 Å². The second-order valence-electron chi connectivity index (χ2n) is 3.61. The summed E-state index contributed by atoms with van der Waals surface area (Å²) < 4.78 is 5.35. The Morgan fingerprint density at radius 1 is 1.79 bits per heavy atom. The number of nitrogens with two attached hydrogens (primary N) is 1. The van der Waals surface area contributed by atoms with Crippen LogP contribution in [0.5, 0.6) is 0 Å². The Morgan fingerprint density at radius 2 is 2.50 bits per heavy atom. The lowest BCUT2D eigenvalue weighted by Gasteiger charge is -2.35. The van der Waals surface area contributed by atoms with Crippen molar-refractivity contribution in [1.82, 2.24) is 4.90 Å². The van der Waals surface area contributed by atoms with Crippen molar-refractivity contribution in [2.45, 2.75) is 25.5 Å². The second-order valence-corrected chi connectivity index (χ2v) is 3.61. The highest BCUT2D eigenvalue weighted by atomic mass is 16.5. The molecule has 5 heteroatoms. The minimum absolute atomic E-state index is 0.114. The van der Waals surface area contributed by atoms with Crippen LogP contribution in [0.15, 0.2) is 0 Å². The van der Waals surface area contributed by atoms with E-state index in [1.807, 2.05) is 11.8 Å². The number of nitrogens with zero attached hydrogens (tertiary/aromatic N) is 1. The molecule has 14 heavy (non-hydrogen) atoms. The van der Waals surface area contributed by atoms with Gasteiger partial charge >= 0.3 is 5.97 Å². The molecule has 2 atom stereocenters. The van der Waals surface area contributed by atoms with Crippen LogP contribution in [0.3, 0.4) is 0 Å². The predicted octanol–water partition coefficient (Wildman–Crippen LogP) is -0.491. The molecule has 2 unspecified atom stereocenters. The molecule has 1 fully saturated rings. The number of carbonyl (C=O) groups is 1. The van der Waals surface area contributed by atoms with Crippen LogP contribution < -0.4 is 5.73 Å². The highest BCUT2D eigenvalue weighted by Gasteiger charge is 2.28. The molecule has 1 rings (SSSR count). The van der Waals surface area contributed by atoms with Gasteiger partial charge in [-0.3, -0.25) is 9.69 Å². The van der Waals surface area contributed by atoms with E-state index in [2.05, 4.69) is 0 Å². The molecular formula is C9H18N2O3. The highest BCUT2D eigenvalue weighted by Crippen LogP contribution is 2.11. The van der Waals surface area contributed by atoms with E-state index in [4.69, 9.17) is 15.6 Å². The van der Waals surface area contributed by atoms with Gasteiger partial charge in [0.05, 0.1) is 12.7 Å². The van der Waals surface area contributed by atoms with Crippen molar-refractivity contribution < 1.29 is 14.6 Å². The molecule has 0 aliphatic carbocycles. The van der Waals surface area contributed by atoms with E-state index in [9.17, 15) is 4.79 Å². The number of hydrogen-bond donors (Lipinski definition) is 2. The zero-order chi connectivity index (χ0) is 10.6. The fraction of sp³-hybridized carbons (Fsp3) is 0.889. The summed E-state index contributed by atoms with van der Waals surface area (Å²) in [6.45, 7) is 4.32. The molecular weight excluding hydrogens is 184 g/mol. The molecule has 0 radical (unpaired) electrons. The number of rotatable bonds is 4. The summed E-state index contributed by atoms with van der Waals surface area (Å²) in [5, 5.41) is 9.00. The zero-order valence-corrected chi connectivity index (χ0v) is 8.48. The Balaban J connectivity index is 2.53. The van der Waals surface area contributed by atoms with Gasteiger partial charge in [-0.15, -0.1) is 0 Å². The van der Waals surface area contributed by atoms with Crippen LogP contribution in [0.4, 0.5) is 0 Å². The molecule has 1 saturated heterocycles. The van der Waals surface area contributed by atoms with Crippen molar-refractivity contribution in [3.8, 4) is 0 Å². The lowest BCUT2D eigenvalue weighted by molar-refractivity contribution is -0.146. The SMILES string of the molecule is CC1CN(C(CCN)C(=O)O)CCO1. The standard InChI is InChI=1S/C9H18N2O3/c1-7-6-11(4-5-14-7)8(2-3-10)9(12)13/h7-8H,2-6,10H2,1H3,(H,12,13). The zero-order valence-electron chi connectivity index (χ0n) is 8.48. The van der Waals surface area contributed by atoms with E-state index in [-0.39, 0.29) is 6.10 Å². The van der Waals surface area contributed by atoms with Gasteiger partial charge in [-0.1, -0.05) is 0 Å². The van der Waals surface area contributed by atoms with Crippen molar-refractivity contribution in [2.75, 3.05) is 26.2 Å². The van der Waals surface area contributed by atoms with E-state index >= 15 is 0 Å². The largest absolute Gasteiger partial charge is 0.480 e. The molecule has 0 saturated carbocycles. The smallest absolute Gasteiger partial charge is 0.320 e. The Kier molecular flexibility index (Phi) is 4.31. The molecule has 0 spiro atoms. The monoisotopic (exact) mass is 202 g/mol. The van der Waals surface area contributed by atoms with Crippen molar-refractivity contribution >= 4 is 5.97 Å². The van der Waals surface area contributed by atoms with Crippen LogP contribution >= 0.6 is 0 Å². The Morgan fingerprint density at radius 3 is 3.00 bits per heavy atom. The predicted molar refractivity (Wildman–Crippen MR) is 52.1 cm³/mol. The van der Waals surface area contributed by atoms with E-state index in [0.29, 0.717) is 32.7 Å².